The number of methoxy groups -OCH3 is 1. The number of nitrogens with zero attached hydrogens (tertiary/aromatic N) is 1. The van der Waals surface area contributed by atoms with E-state index < -0.39 is 18.0 Å². The standard InChI is InChI=1S/C13H17FN2O4/c1-16(7-9-3-5-10(14)6-4-9)13(19)15-11(8-20-2)12(17)18/h3-6,11H,7-8H2,1-2H3,(H,15,19)(H,17,18). The molecule has 0 fully saturated rings. The van der Waals surface area contributed by atoms with Crippen LogP contribution in [0.1, 0.15) is 5.56 Å². The van der Waals surface area contributed by atoms with Crippen LogP contribution in [0.4, 0.5) is 9.18 Å². The van der Waals surface area contributed by atoms with Crippen molar-refractivity contribution in [1.29, 1.82) is 0 Å². The van der Waals surface area contributed by atoms with E-state index in [-0.39, 0.29) is 19.0 Å². The van der Waals surface area contributed by atoms with E-state index in [1.54, 1.807) is 12.1 Å². The number of hydrogen-bond acceptors (Lipinski definition) is 3. The Morgan fingerprint density at radius 2 is 2.00 bits per heavy atom. The van der Waals surface area contributed by atoms with Gasteiger partial charge in [-0.3, -0.25) is 0 Å². The zero-order chi connectivity index (χ0) is 15.1. The predicted octanol–water partition coefficient (Wildman–Crippen LogP) is 1.07. The topological polar surface area (TPSA) is 78.9 Å². The molecule has 1 atom stereocenters. The van der Waals surface area contributed by atoms with Crippen LogP contribution in [0.5, 0.6) is 0 Å². The molecule has 0 saturated carbocycles. The van der Waals surface area contributed by atoms with Gasteiger partial charge in [-0.05, 0) is 17.7 Å². The van der Waals surface area contributed by atoms with Crippen LogP contribution in [0, 0.1) is 5.82 Å². The predicted molar refractivity (Wildman–Crippen MR) is 69.7 cm³/mol. The average molecular weight is 284 g/mol. The summed E-state index contributed by atoms with van der Waals surface area (Å²) in [5.74, 6) is -1.53. The molecule has 0 aliphatic rings. The largest absolute Gasteiger partial charge is 0.480 e. The van der Waals surface area contributed by atoms with Gasteiger partial charge in [0.25, 0.3) is 0 Å². The smallest absolute Gasteiger partial charge is 0.328 e. The molecule has 0 saturated heterocycles. The number of carboxylic acids is 1. The molecular weight excluding hydrogens is 267 g/mol. The minimum absolute atomic E-state index is 0.120. The highest BCUT2D eigenvalue weighted by Gasteiger charge is 2.21. The van der Waals surface area contributed by atoms with Crippen molar-refractivity contribution in [3.05, 3.63) is 35.6 Å². The van der Waals surface area contributed by atoms with Gasteiger partial charge in [0.1, 0.15) is 5.82 Å². The van der Waals surface area contributed by atoms with E-state index in [0.29, 0.717) is 0 Å². The molecule has 20 heavy (non-hydrogen) atoms. The van der Waals surface area contributed by atoms with Crippen molar-refractivity contribution >= 4 is 12.0 Å². The minimum Gasteiger partial charge on any atom is -0.480 e. The maximum absolute atomic E-state index is 12.8. The Morgan fingerprint density at radius 1 is 1.40 bits per heavy atom. The highest BCUT2D eigenvalue weighted by Crippen LogP contribution is 2.05. The minimum atomic E-state index is -1.17. The number of halogens is 1. The normalized spacial score (nSPS) is 11.8. The monoisotopic (exact) mass is 284 g/mol. The van der Waals surface area contributed by atoms with Gasteiger partial charge in [0, 0.05) is 20.7 Å². The van der Waals surface area contributed by atoms with Crippen LogP contribution in [0.25, 0.3) is 0 Å². The second-order valence-corrected chi connectivity index (χ2v) is 4.28. The Balaban J connectivity index is 2.57. The van der Waals surface area contributed by atoms with Gasteiger partial charge in [0.15, 0.2) is 6.04 Å². The number of urea groups is 1. The molecule has 6 nitrogen and oxygen atoms in total. The molecule has 1 aromatic rings. The number of aliphatic carboxylic acids is 1. The van der Waals surface area contributed by atoms with E-state index in [4.69, 9.17) is 9.84 Å². The molecule has 0 spiro atoms. The van der Waals surface area contributed by atoms with Gasteiger partial charge in [-0.2, -0.15) is 0 Å². The van der Waals surface area contributed by atoms with Crippen LogP contribution >= 0.6 is 0 Å². The number of benzene rings is 1. The van der Waals surface area contributed by atoms with Gasteiger partial charge in [0.2, 0.25) is 0 Å². The Labute approximate surface area is 116 Å². The van der Waals surface area contributed by atoms with E-state index >= 15 is 0 Å². The van der Waals surface area contributed by atoms with Crippen LogP contribution < -0.4 is 5.32 Å². The molecule has 0 heterocycles. The summed E-state index contributed by atoms with van der Waals surface area (Å²) in [4.78, 5) is 24.0. The van der Waals surface area contributed by atoms with Crippen LogP contribution in [-0.4, -0.2) is 48.8 Å². The molecule has 1 aromatic carbocycles. The van der Waals surface area contributed by atoms with Gasteiger partial charge in [0.05, 0.1) is 6.61 Å². The third kappa shape index (κ3) is 4.85. The lowest BCUT2D eigenvalue weighted by Gasteiger charge is -2.21. The molecular formula is C13H17FN2O4. The Kier molecular flexibility index (Phi) is 5.92. The second-order valence-electron chi connectivity index (χ2n) is 4.28. The third-order valence-electron chi connectivity index (χ3n) is 2.61. The summed E-state index contributed by atoms with van der Waals surface area (Å²) in [7, 11) is 2.87. The Morgan fingerprint density at radius 3 is 2.50 bits per heavy atom. The maximum atomic E-state index is 12.8. The van der Waals surface area contributed by atoms with E-state index in [0.717, 1.165) is 5.56 Å². The fourth-order valence-corrected chi connectivity index (χ4v) is 1.54. The fourth-order valence-electron chi connectivity index (χ4n) is 1.54. The van der Waals surface area contributed by atoms with Gasteiger partial charge in [-0.15, -0.1) is 0 Å². The van der Waals surface area contributed by atoms with E-state index in [2.05, 4.69) is 5.32 Å². The zero-order valence-corrected chi connectivity index (χ0v) is 11.3. The number of amides is 2. The maximum Gasteiger partial charge on any atom is 0.328 e. The first kappa shape index (κ1) is 15.9. The Bertz CT molecular complexity index is 464. The van der Waals surface area contributed by atoms with Crippen molar-refractivity contribution in [3.63, 3.8) is 0 Å². The second kappa shape index (κ2) is 7.44. The van der Waals surface area contributed by atoms with E-state index in [1.165, 1.54) is 31.2 Å². The summed E-state index contributed by atoms with van der Waals surface area (Å²) in [6, 6.07) is 4.06. The van der Waals surface area contributed by atoms with Crippen molar-refractivity contribution in [1.82, 2.24) is 10.2 Å². The SMILES string of the molecule is COCC(NC(=O)N(C)Cc1ccc(F)cc1)C(=O)O. The first-order valence-electron chi connectivity index (χ1n) is 5.92. The quantitative estimate of drug-likeness (QED) is 0.819. The summed E-state index contributed by atoms with van der Waals surface area (Å²) in [6.45, 7) is 0.122. The number of ether oxygens (including phenoxy) is 1. The molecule has 0 aliphatic heterocycles. The van der Waals surface area contributed by atoms with Gasteiger partial charge in [-0.1, -0.05) is 12.1 Å². The fraction of sp³-hybridized carbons (Fsp3) is 0.385. The molecule has 1 unspecified atom stereocenters. The molecule has 0 radical (unpaired) electrons. The lowest BCUT2D eigenvalue weighted by atomic mass is 10.2. The molecule has 0 aliphatic carbocycles. The van der Waals surface area contributed by atoms with Crippen LogP contribution in [0.3, 0.4) is 0 Å². The molecule has 2 N–H and O–H groups in total. The van der Waals surface area contributed by atoms with Gasteiger partial charge in [-0.25, -0.2) is 14.0 Å². The molecule has 2 amide bonds. The van der Waals surface area contributed by atoms with Crippen LogP contribution in [0.15, 0.2) is 24.3 Å². The molecule has 110 valence electrons. The van der Waals surface area contributed by atoms with E-state index in [9.17, 15) is 14.0 Å². The molecule has 0 bridgehead atoms. The number of hydrogen-bond donors (Lipinski definition) is 2. The molecule has 1 rings (SSSR count). The third-order valence-corrected chi connectivity index (χ3v) is 2.61. The average Bonchev–Trinajstić information content (AvgIpc) is 2.40. The highest BCUT2D eigenvalue weighted by molar-refractivity contribution is 5.82. The van der Waals surface area contributed by atoms with Crippen molar-refractivity contribution in [3.8, 4) is 0 Å². The van der Waals surface area contributed by atoms with Crippen molar-refractivity contribution in [2.45, 2.75) is 12.6 Å². The summed E-state index contributed by atoms with van der Waals surface area (Å²) >= 11 is 0. The van der Waals surface area contributed by atoms with Gasteiger partial charge >= 0.3 is 12.0 Å². The number of carbonyl (C=O) groups is 2. The Hall–Kier alpha value is -2.15. The van der Waals surface area contributed by atoms with Crippen molar-refractivity contribution in [2.75, 3.05) is 20.8 Å². The van der Waals surface area contributed by atoms with Crippen molar-refractivity contribution < 1.29 is 23.8 Å². The number of nitrogens with one attached hydrogen (secondary N) is 1. The number of carboxylic acid groups (broad SMARTS) is 1. The highest BCUT2D eigenvalue weighted by atomic mass is 19.1. The molecule has 0 aromatic heterocycles. The first-order valence-corrected chi connectivity index (χ1v) is 5.92. The van der Waals surface area contributed by atoms with Crippen molar-refractivity contribution in [2.24, 2.45) is 0 Å². The van der Waals surface area contributed by atoms with E-state index in [1.807, 2.05) is 0 Å². The number of carbonyl (C=O) groups excluding carboxylic acids is 1. The zero-order valence-electron chi connectivity index (χ0n) is 11.3. The first-order chi connectivity index (χ1) is 9.43. The summed E-state index contributed by atoms with van der Waals surface area (Å²) in [5, 5.41) is 11.2. The van der Waals surface area contributed by atoms with Crippen LogP contribution in [0.2, 0.25) is 0 Å². The lowest BCUT2D eigenvalue weighted by molar-refractivity contribution is -0.140. The van der Waals surface area contributed by atoms with Gasteiger partial charge < -0.3 is 20.1 Å². The molecule has 7 heteroatoms. The lowest BCUT2D eigenvalue weighted by Crippen LogP contribution is -2.48. The summed E-state index contributed by atoms with van der Waals surface area (Å²) in [6.07, 6.45) is 0. The summed E-state index contributed by atoms with van der Waals surface area (Å²) < 4.78 is 17.5. The van der Waals surface area contributed by atoms with Crippen LogP contribution in [-0.2, 0) is 16.1 Å². The number of rotatable bonds is 6. The summed E-state index contributed by atoms with van der Waals surface area (Å²) in [5.41, 5.74) is 0.739.